The number of nitrogens with one attached hydrogen (secondary N) is 1. The van der Waals surface area contributed by atoms with Crippen molar-refractivity contribution < 1.29 is 13.5 Å². The molecule has 2 rings (SSSR count). The molecule has 4 nitrogen and oxygen atoms in total. The van der Waals surface area contributed by atoms with Crippen molar-refractivity contribution in [2.75, 3.05) is 13.2 Å². The Kier molecular flexibility index (Phi) is 6.58. The lowest BCUT2D eigenvalue weighted by Crippen LogP contribution is -2.26. The molecular formula is C15H18BrNO3S2. The number of sulfonamides is 1. The van der Waals surface area contributed by atoms with E-state index in [0.29, 0.717) is 23.9 Å². The van der Waals surface area contributed by atoms with Gasteiger partial charge in [-0.3, -0.25) is 0 Å². The highest BCUT2D eigenvalue weighted by Gasteiger charge is 2.18. The second-order valence-electron chi connectivity index (χ2n) is 4.88. The summed E-state index contributed by atoms with van der Waals surface area (Å²) in [7, 11) is -3.53. The van der Waals surface area contributed by atoms with Gasteiger partial charge in [0.2, 0.25) is 10.0 Å². The van der Waals surface area contributed by atoms with E-state index in [4.69, 9.17) is 5.11 Å². The SMILES string of the molecule is O=S(=O)(NCC[C@H](CCO)c1ccsc1)c1ccccc1Br. The number of aliphatic hydroxyl groups is 1. The second-order valence-corrected chi connectivity index (χ2v) is 8.25. The lowest BCUT2D eigenvalue weighted by molar-refractivity contribution is 0.273. The third-order valence-corrected chi connectivity index (χ3v) is 6.58. The first kappa shape index (κ1) is 17.6. The van der Waals surface area contributed by atoms with Crippen molar-refractivity contribution in [1.29, 1.82) is 0 Å². The van der Waals surface area contributed by atoms with Crippen LogP contribution in [0.2, 0.25) is 0 Å². The quantitative estimate of drug-likeness (QED) is 0.709. The number of aliphatic hydroxyl groups excluding tert-OH is 1. The average molecular weight is 404 g/mol. The molecule has 0 spiro atoms. The topological polar surface area (TPSA) is 66.4 Å². The van der Waals surface area contributed by atoms with Gasteiger partial charge in [0.25, 0.3) is 0 Å². The molecule has 22 heavy (non-hydrogen) atoms. The minimum Gasteiger partial charge on any atom is -0.396 e. The van der Waals surface area contributed by atoms with Crippen molar-refractivity contribution in [3.63, 3.8) is 0 Å². The van der Waals surface area contributed by atoms with Crippen LogP contribution < -0.4 is 4.72 Å². The van der Waals surface area contributed by atoms with Gasteiger partial charge in [0.1, 0.15) is 0 Å². The molecule has 1 heterocycles. The van der Waals surface area contributed by atoms with Crippen LogP contribution in [0, 0.1) is 0 Å². The molecule has 1 aromatic heterocycles. The van der Waals surface area contributed by atoms with Crippen LogP contribution in [0.5, 0.6) is 0 Å². The van der Waals surface area contributed by atoms with Crippen LogP contribution in [0.1, 0.15) is 24.3 Å². The molecule has 1 aromatic carbocycles. The van der Waals surface area contributed by atoms with Gasteiger partial charge in [-0.05, 0) is 69.2 Å². The molecule has 0 radical (unpaired) electrons. The molecular weight excluding hydrogens is 386 g/mol. The molecule has 0 unspecified atom stereocenters. The first-order valence-corrected chi connectivity index (χ1v) is 10.1. The minimum atomic E-state index is -3.53. The van der Waals surface area contributed by atoms with Crippen molar-refractivity contribution in [3.8, 4) is 0 Å². The first-order chi connectivity index (χ1) is 10.5. The molecule has 1 atom stereocenters. The summed E-state index contributed by atoms with van der Waals surface area (Å²) < 4.78 is 27.8. The normalized spacial score (nSPS) is 13.2. The molecule has 0 fully saturated rings. The number of rotatable bonds is 8. The Morgan fingerprint density at radius 1 is 1.23 bits per heavy atom. The molecule has 0 saturated carbocycles. The fourth-order valence-electron chi connectivity index (χ4n) is 2.25. The van der Waals surface area contributed by atoms with Crippen molar-refractivity contribution in [1.82, 2.24) is 4.72 Å². The van der Waals surface area contributed by atoms with Crippen LogP contribution in [-0.4, -0.2) is 26.7 Å². The first-order valence-electron chi connectivity index (χ1n) is 6.91. The smallest absolute Gasteiger partial charge is 0.241 e. The summed E-state index contributed by atoms with van der Waals surface area (Å²) in [5.41, 5.74) is 1.15. The van der Waals surface area contributed by atoms with Crippen molar-refractivity contribution in [3.05, 3.63) is 51.1 Å². The molecule has 0 aliphatic heterocycles. The Morgan fingerprint density at radius 3 is 2.64 bits per heavy atom. The standard InChI is InChI=1S/C15H18BrNO3S2/c16-14-3-1-2-4-15(14)22(19,20)17-8-5-12(6-9-18)13-7-10-21-11-13/h1-4,7,10-12,17-18H,5-6,8-9H2/t12-/m1/s1. The van der Waals surface area contributed by atoms with Crippen molar-refractivity contribution >= 4 is 37.3 Å². The van der Waals surface area contributed by atoms with Crippen LogP contribution in [-0.2, 0) is 10.0 Å². The number of hydrogen-bond acceptors (Lipinski definition) is 4. The van der Waals surface area contributed by atoms with E-state index in [1.165, 1.54) is 0 Å². The largest absolute Gasteiger partial charge is 0.396 e. The molecule has 0 amide bonds. The van der Waals surface area contributed by atoms with Crippen LogP contribution in [0.25, 0.3) is 0 Å². The van der Waals surface area contributed by atoms with Crippen LogP contribution in [0.4, 0.5) is 0 Å². The summed E-state index contributed by atoms with van der Waals surface area (Å²) >= 11 is 4.86. The Labute approximate surface area is 143 Å². The monoisotopic (exact) mass is 403 g/mol. The predicted molar refractivity (Wildman–Crippen MR) is 92.7 cm³/mol. The minimum absolute atomic E-state index is 0.0947. The van der Waals surface area contributed by atoms with E-state index in [9.17, 15) is 8.42 Å². The zero-order valence-electron chi connectivity index (χ0n) is 11.9. The average Bonchev–Trinajstić information content (AvgIpc) is 3.00. The van der Waals surface area contributed by atoms with Gasteiger partial charge >= 0.3 is 0 Å². The third kappa shape index (κ3) is 4.63. The Bertz CT molecular complexity index is 687. The Morgan fingerprint density at radius 2 is 2.00 bits per heavy atom. The maximum Gasteiger partial charge on any atom is 0.241 e. The van der Waals surface area contributed by atoms with Gasteiger partial charge in [0.15, 0.2) is 0 Å². The third-order valence-electron chi connectivity index (χ3n) is 3.40. The summed E-state index contributed by atoms with van der Waals surface area (Å²) in [5, 5.41) is 13.2. The summed E-state index contributed by atoms with van der Waals surface area (Å²) in [5.74, 6) is 0.165. The van der Waals surface area contributed by atoms with Crippen LogP contribution >= 0.6 is 27.3 Å². The molecule has 0 bridgehead atoms. The zero-order chi connectivity index (χ0) is 16.0. The highest BCUT2D eigenvalue weighted by atomic mass is 79.9. The van der Waals surface area contributed by atoms with Crippen LogP contribution in [0.15, 0.2) is 50.5 Å². The maximum atomic E-state index is 12.3. The molecule has 7 heteroatoms. The van der Waals surface area contributed by atoms with Crippen molar-refractivity contribution in [2.45, 2.75) is 23.7 Å². The van der Waals surface area contributed by atoms with Crippen molar-refractivity contribution in [2.24, 2.45) is 0 Å². The van der Waals surface area contributed by atoms with Gasteiger partial charge < -0.3 is 5.11 Å². The summed E-state index contributed by atoms with van der Waals surface area (Å²) in [6.45, 7) is 0.432. The van der Waals surface area contributed by atoms with Gasteiger partial charge in [-0.25, -0.2) is 13.1 Å². The number of halogens is 1. The molecule has 0 saturated heterocycles. The molecule has 0 aliphatic carbocycles. The highest BCUT2D eigenvalue weighted by molar-refractivity contribution is 9.10. The van der Waals surface area contributed by atoms with Gasteiger partial charge in [0, 0.05) is 17.6 Å². The van der Waals surface area contributed by atoms with E-state index in [0.717, 1.165) is 5.56 Å². The lowest BCUT2D eigenvalue weighted by atomic mass is 9.95. The summed E-state index contributed by atoms with van der Waals surface area (Å²) in [6.07, 6.45) is 1.29. The highest BCUT2D eigenvalue weighted by Crippen LogP contribution is 2.25. The summed E-state index contributed by atoms with van der Waals surface area (Å²) in [4.78, 5) is 0.240. The van der Waals surface area contributed by atoms with Gasteiger partial charge in [0.05, 0.1) is 4.90 Å². The molecule has 2 N–H and O–H groups in total. The predicted octanol–water partition coefficient (Wildman–Crippen LogP) is 3.35. The van der Waals surface area contributed by atoms with E-state index >= 15 is 0 Å². The maximum absolute atomic E-state index is 12.3. The number of thiophene rings is 1. The van der Waals surface area contributed by atoms with Gasteiger partial charge in [-0.15, -0.1) is 0 Å². The van der Waals surface area contributed by atoms with E-state index < -0.39 is 10.0 Å². The fraction of sp³-hybridized carbons (Fsp3) is 0.333. The van der Waals surface area contributed by atoms with Gasteiger partial charge in [-0.1, -0.05) is 12.1 Å². The molecule has 0 aliphatic rings. The summed E-state index contributed by atoms with van der Waals surface area (Å²) in [6, 6.07) is 8.76. The second kappa shape index (κ2) is 8.21. The number of benzene rings is 1. The molecule has 120 valence electrons. The van der Waals surface area contributed by atoms with E-state index in [2.05, 4.69) is 20.7 Å². The zero-order valence-corrected chi connectivity index (χ0v) is 15.1. The van der Waals surface area contributed by atoms with E-state index in [1.807, 2.05) is 16.8 Å². The Balaban J connectivity index is 1.98. The number of hydrogen-bond donors (Lipinski definition) is 2. The lowest BCUT2D eigenvalue weighted by Gasteiger charge is -2.15. The molecule has 2 aromatic rings. The van der Waals surface area contributed by atoms with E-state index in [-0.39, 0.29) is 17.4 Å². The van der Waals surface area contributed by atoms with E-state index in [1.54, 1.807) is 35.6 Å². The Hall–Kier alpha value is -0.730. The fourth-order valence-corrected chi connectivity index (χ4v) is 5.04. The van der Waals surface area contributed by atoms with Gasteiger partial charge in [-0.2, -0.15) is 11.3 Å². The van der Waals surface area contributed by atoms with Crippen LogP contribution in [0.3, 0.4) is 0 Å².